The van der Waals surface area contributed by atoms with E-state index in [0.717, 1.165) is 16.6 Å². The molecule has 2 amide bonds. The van der Waals surface area contributed by atoms with Crippen molar-refractivity contribution in [2.75, 3.05) is 18.4 Å². The molecule has 0 spiro atoms. The number of aromatic nitrogens is 1. The van der Waals surface area contributed by atoms with Gasteiger partial charge in [-0.25, -0.2) is 9.78 Å². The molecule has 1 aromatic heterocycles. The average molecular weight is 397 g/mol. The van der Waals surface area contributed by atoms with Crippen LogP contribution < -0.4 is 10.1 Å². The number of carbonyl (C=O) groups excluding carboxylic acids is 1. The van der Waals surface area contributed by atoms with Crippen LogP contribution in [0, 0.1) is 0 Å². The summed E-state index contributed by atoms with van der Waals surface area (Å²) in [4.78, 5) is 18.2. The largest absolute Gasteiger partial charge is 0.472 e. The molecule has 1 aliphatic rings. The van der Waals surface area contributed by atoms with Gasteiger partial charge in [0.2, 0.25) is 5.88 Å². The van der Waals surface area contributed by atoms with Gasteiger partial charge in [-0.15, -0.1) is 0 Å². The summed E-state index contributed by atoms with van der Waals surface area (Å²) in [5.74, 6) is 0.568. The van der Waals surface area contributed by atoms with Gasteiger partial charge in [0, 0.05) is 40.4 Å². The highest BCUT2D eigenvalue weighted by atomic mass is 79.9. The number of hydrogen-bond donors (Lipinski definition) is 1. The number of anilines is 1. The third kappa shape index (κ3) is 4.36. The van der Waals surface area contributed by atoms with Gasteiger partial charge in [-0.3, -0.25) is 0 Å². The van der Waals surface area contributed by atoms with Crippen molar-refractivity contribution < 1.29 is 9.53 Å². The molecule has 0 saturated carbocycles. The monoisotopic (exact) mass is 395 g/mol. The molecule has 1 aromatic carbocycles. The number of amides is 2. The molecule has 7 heteroatoms. The molecule has 2 aromatic rings. The lowest BCUT2D eigenvalue weighted by Crippen LogP contribution is -2.34. The summed E-state index contributed by atoms with van der Waals surface area (Å²) in [5, 5.41) is 3.49. The van der Waals surface area contributed by atoms with E-state index in [4.69, 9.17) is 16.3 Å². The Morgan fingerprint density at radius 3 is 2.78 bits per heavy atom. The minimum absolute atomic E-state index is 0.0420. The summed E-state index contributed by atoms with van der Waals surface area (Å²) >= 11 is 9.17. The van der Waals surface area contributed by atoms with Crippen molar-refractivity contribution >= 4 is 39.2 Å². The minimum Gasteiger partial charge on any atom is -0.472 e. The summed E-state index contributed by atoms with van der Waals surface area (Å²) in [7, 11) is 0. The normalized spacial score (nSPS) is 17.1. The van der Waals surface area contributed by atoms with Gasteiger partial charge in [-0.1, -0.05) is 11.6 Å². The Kier molecular flexibility index (Phi) is 5.03. The van der Waals surface area contributed by atoms with E-state index in [0.29, 0.717) is 24.0 Å². The zero-order chi connectivity index (χ0) is 16.2. The molecule has 0 radical (unpaired) electrons. The van der Waals surface area contributed by atoms with E-state index < -0.39 is 0 Å². The number of halogens is 2. The molecule has 2 heterocycles. The maximum absolute atomic E-state index is 12.2. The Morgan fingerprint density at radius 2 is 2.09 bits per heavy atom. The number of urea groups is 1. The molecular weight excluding hydrogens is 382 g/mol. The lowest BCUT2D eigenvalue weighted by molar-refractivity contribution is 0.190. The minimum atomic E-state index is -0.137. The van der Waals surface area contributed by atoms with Gasteiger partial charge in [-0.05, 0) is 46.3 Å². The van der Waals surface area contributed by atoms with Crippen LogP contribution in [0.3, 0.4) is 0 Å². The molecule has 0 unspecified atom stereocenters. The van der Waals surface area contributed by atoms with Crippen molar-refractivity contribution in [3.05, 3.63) is 52.1 Å². The molecule has 1 atom stereocenters. The zero-order valence-corrected chi connectivity index (χ0v) is 14.5. The molecule has 1 fully saturated rings. The fourth-order valence-corrected chi connectivity index (χ4v) is 2.71. The van der Waals surface area contributed by atoms with Crippen LogP contribution in [0.5, 0.6) is 5.88 Å². The van der Waals surface area contributed by atoms with Gasteiger partial charge in [-0.2, -0.15) is 0 Å². The lowest BCUT2D eigenvalue weighted by Gasteiger charge is -2.17. The molecule has 23 heavy (non-hydrogen) atoms. The number of benzene rings is 1. The van der Waals surface area contributed by atoms with Gasteiger partial charge in [0.15, 0.2) is 0 Å². The summed E-state index contributed by atoms with van der Waals surface area (Å²) in [6.07, 6.45) is 2.43. The maximum atomic E-state index is 12.2. The summed E-state index contributed by atoms with van der Waals surface area (Å²) < 4.78 is 6.71. The van der Waals surface area contributed by atoms with Crippen molar-refractivity contribution in [3.8, 4) is 5.88 Å². The first-order chi connectivity index (χ1) is 11.1. The number of ether oxygens (including phenoxy) is 1. The van der Waals surface area contributed by atoms with Crippen molar-refractivity contribution in [1.29, 1.82) is 0 Å². The fraction of sp³-hybridized carbons (Fsp3) is 0.250. The highest BCUT2D eigenvalue weighted by molar-refractivity contribution is 9.10. The van der Waals surface area contributed by atoms with Crippen LogP contribution in [-0.2, 0) is 0 Å². The lowest BCUT2D eigenvalue weighted by atomic mass is 10.3. The van der Waals surface area contributed by atoms with Gasteiger partial charge in [0.05, 0.1) is 6.54 Å². The van der Waals surface area contributed by atoms with E-state index in [-0.39, 0.29) is 12.1 Å². The van der Waals surface area contributed by atoms with Crippen molar-refractivity contribution in [2.24, 2.45) is 0 Å². The first kappa shape index (κ1) is 16.1. The second kappa shape index (κ2) is 7.19. The van der Waals surface area contributed by atoms with E-state index in [9.17, 15) is 4.79 Å². The Balaban J connectivity index is 1.53. The molecule has 5 nitrogen and oxygen atoms in total. The second-order valence-corrected chi connectivity index (χ2v) is 6.58. The Labute approximate surface area is 147 Å². The molecule has 120 valence electrons. The van der Waals surface area contributed by atoms with Gasteiger partial charge in [0.1, 0.15) is 6.10 Å². The molecule has 0 aliphatic carbocycles. The Bertz CT molecular complexity index is 679. The first-order valence-electron chi connectivity index (χ1n) is 7.20. The van der Waals surface area contributed by atoms with E-state index in [2.05, 4.69) is 26.2 Å². The third-order valence-corrected chi connectivity index (χ3v) is 4.24. The van der Waals surface area contributed by atoms with Crippen LogP contribution in [0.2, 0.25) is 5.02 Å². The molecule has 0 bridgehead atoms. The number of likely N-dealkylation sites (tertiary alicyclic amines) is 1. The highest BCUT2D eigenvalue weighted by Gasteiger charge is 2.27. The molecule has 3 rings (SSSR count). The number of pyridine rings is 1. The van der Waals surface area contributed by atoms with E-state index in [1.165, 1.54) is 0 Å². The number of nitrogens with one attached hydrogen (secondary N) is 1. The van der Waals surface area contributed by atoms with Crippen LogP contribution in [0.4, 0.5) is 10.5 Å². The predicted octanol–water partition coefficient (Wildman–Crippen LogP) is 4.18. The van der Waals surface area contributed by atoms with Crippen LogP contribution in [-0.4, -0.2) is 35.1 Å². The van der Waals surface area contributed by atoms with Crippen molar-refractivity contribution in [2.45, 2.75) is 12.5 Å². The second-order valence-electron chi connectivity index (χ2n) is 5.23. The third-order valence-electron chi connectivity index (χ3n) is 3.52. The van der Waals surface area contributed by atoms with Crippen LogP contribution in [0.15, 0.2) is 47.1 Å². The topological polar surface area (TPSA) is 54.5 Å². The molecule has 1 aliphatic heterocycles. The van der Waals surface area contributed by atoms with Crippen LogP contribution in [0.25, 0.3) is 0 Å². The van der Waals surface area contributed by atoms with Gasteiger partial charge < -0.3 is 15.0 Å². The van der Waals surface area contributed by atoms with Gasteiger partial charge in [0.25, 0.3) is 0 Å². The summed E-state index contributed by atoms with van der Waals surface area (Å²) in [5.41, 5.74) is 0.721. The van der Waals surface area contributed by atoms with E-state index in [1.807, 2.05) is 6.07 Å². The maximum Gasteiger partial charge on any atom is 0.321 e. The molecule has 1 N–H and O–H groups in total. The SMILES string of the molecule is O=C(Nc1ccc(Cl)cc1)N1CC[C@@H](Oc2ccc(Br)cn2)C1. The quantitative estimate of drug-likeness (QED) is 0.846. The van der Waals surface area contributed by atoms with Crippen molar-refractivity contribution in [1.82, 2.24) is 9.88 Å². The average Bonchev–Trinajstić information content (AvgIpc) is 3.00. The first-order valence-corrected chi connectivity index (χ1v) is 8.37. The molecular formula is C16H15BrClN3O2. The summed E-state index contributed by atoms with van der Waals surface area (Å²) in [6.45, 7) is 1.19. The standard InChI is InChI=1S/C16H15BrClN3O2/c17-11-1-6-15(19-9-11)23-14-7-8-21(10-14)16(22)20-13-4-2-12(18)3-5-13/h1-6,9,14H,7-8,10H2,(H,20,22)/t14-/m1/s1. The van der Waals surface area contributed by atoms with Crippen LogP contribution in [0.1, 0.15) is 6.42 Å². The van der Waals surface area contributed by atoms with E-state index >= 15 is 0 Å². The highest BCUT2D eigenvalue weighted by Crippen LogP contribution is 2.20. The van der Waals surface area contributed by atoms with Crippen LogP contribution >= 0.6 is 27.5 Å². The van der Waals surface area contributed by atoms with Gasteiger partial charge >= 0.3 is 6.03 Å². The predicted molar refractivity (Wildman–Crippen MR) is 93.0 cm³/mol. The number of rotatable bonds is 3. The zero-order valence-electron chi connectivity index (χ0n) is 12.2. The summed E-state index contributed by atoms with van der Waals surface area (Å²) in [6, 6.07) is 10.6. The smallest absolute Gasteiger partial charge is 0.321 e. The van der Waals surface area contributed by atoms with E-state index in [1.54, 1.807) is 41.4 Å². The molecule has 1 saturated heterocycles. The number of nitrogens with zero attached hydrogens (tertiary/aromatic N) is 2. The van der Waals surface area contributed by atoms with Crippen molar-refractivity contribution in [3.63, 3.8) is 0 Å². The number of carbonyl (C=O) groups is 1. The Hall–Kier alpha value is -1.79. The Morgan fingerprint density at radius 1 is 1.30 bits per heavy atom. The number of hydrogen-bond acceptors (Lipinski definition) is 3. The fourth-order valence-electron chi connectivity index (χ4n) is 2.35.